The summed E-state index contributed by atoms with van der Waals surface area (Å²) in [5.41, 5.74) is 0.282. The van der Waals surface area contributed by atoms with Crippen LogP contribution >= 0.6 is 11.8 Å². The lowest BCUT2D eigenvalue weighted by Crippen LogP contribution is -2.41. The highest BCUT2D eigenvalue weighted by molar-refractivity contribution is 7.99. The molecule has 0 atom stereocenters. The van der Waals surface area contributed by atoms with E-state index in [0.717, 1.165) is 11.8 Å². The van der Waals surface area contributed by atoms with Gasteiger partial charge >= 0.3 is 0 Å². The SMILES string of the molecule is CC(C)(C)NC(=O)CSc1nnc(CNC(=O)c2ccccc2)o1. The van der Waals surface area contributed by atoms with Gasteiger partial charge in [0, 0.05) is 11.1 Å². The van der Waals surface area contributed by atoms with E-state index < -0.39 is 0 Å². The van der Waals surface area contributed by atoms with E-state index in [0.29, 0.717) is 10.8 Å². The first-order chi connectivity index (χ1) is 11.3. The smallest absolute Gasteiger partial charge is 0.277 e. The van der Waals surface area contributed by atoms with Crippen molar-refractivity contribution in [1.29, 1.82) is 0 Å². The Hall–Kier alpha value is -2.35. The number of amides is 2. The van der Waals surface area contributed by atoms with Gasteiger partial charge in [-0.1, -0.05) is 30.0 Å². The van der Waals surface area contributed by atoms with Gasteiger partial charge in [-0.15, -0.1) is 10.2 Å². The lowest BCUT2D eigenvalue weighted by atomic mass is 10.1. The maximum atomic E-state index is 11.9. The molecule has 2 N–H and O–H groups in total. The van der Waals surface area contributed by atoms with Gasteiger partial charge in [0.25, 0.3) is 11.1 Å². The predicted octanol–water partition coefficient (Wildman–Crippen LogP) is 2.01. The first kappa shape index (κ1) is 18.0. The zero-order valence-corrected chi connectivity index (χ0v) is 14.6. The zero-order chi connectivity index (χ0) is 17.6. The van der Waals surface area contributed by atoms with Gasteiger partial charge in [-0.25, -0.2) is 0 Å². The van der Waals surface area contributed by atoms with Crippen molar-refractivity contribution >= 4 is 23.6 Å². The van der Waals surface area contributed by atoms with Crippen LogP contribution in [0.1, 0.15) is 37.0 Å². The van der Waals surface area contributed by atoms with Crippen LogP contribution in [0.15, 0.2) is 40.0 Å². The standard InChI is InChI=1S/C16H20N4O3S/c1-16(2,3)18-12(21)10-24-15-20-19-13(23-15)9-17-14(22)11-7-5-4-6-8-11/h4-8H,9-10H2,1-3H3,(H,17,22)(H,18,21). The van der Waals surface area contributed by atoms with Crippen molar-refractivity contribution in [3.05, 3.63) is 41.8 Å². The number of hydrogen-bond donors (Lipinski definition) is 2. The maximum absolute atomic E-state index is 11.9. The molecule has 1 aromatic carbocycles. The molecule has 0 bridgehead atoms. The maximum Gasteiger partial charge on any atom is 0.277 e. The van der Waals surface area contributed by atoms with Crippen LogP contribution in [0.4, 0.5) is 0 Å². The molecule has 0 spiro atoms. The van der Waals surface area contributed by atoms with Gasteiger partial charge in [0.1, 0.15) is 0 Å². The van der Waals surface area contributed by atoms with E-state index in [1.54, 1.807) is 24.3 Å². The Bertz CT molecular complexity index is 695. The van der Waals surface area contributed by atoms with Gasteiger partial charge in [-0.3, -0.25) is 9.59 Å². The van der Waals surface area contributed by atoms with E-state index in [-0.39, 0.29) is 35.5 Å². The molecule has 1 aromatic heterocycles. The van der Waals surface area contributed by atoms with Crippen molar-refractivity contribution in [3.63, 3.8) is 0 Å². The van der Waals surface area contributed by atoms with Crippen LogP contribution in [0.5, 0.6) is 0 Å². The molecule has 0 saturated heterocycles. The topological polar surface area (TPSA) is 97.1 Å². The van der Waals surface area contributed by atoms with Crippen molar-refractivity contribution < 1.29 is 14.0 Å². The molecule has 0 aliphatic rings. The van der Waals surface area contributed by atoms with E-state index in [9.17, 15) is 9.59 Å². The van der Waals surface area contributed by atoms with Gasteiger partial charge in [-0.05, 0) is 32.9 Å². The van der Waals surface area contributed by atoms with Gasteiger partial charge < -0.3 is 15.1 Å². The molecule has 7 nitrogen and oxygen atoms in total. The van der Waals surface area contributed by atoms with Crippen LogP contribution in [-0.4, -0.2) is 33.3 Å². The number of carbonyl (C=O) groups is 2. The fourth-order valence-electron chi connectivity index (χ4n) is 1.80. The summed E-state index contributed by atoms with van der Waals surface area (Å²) in [6.07, 6.45) is 0. The summed E-state index contributed by atoms with van der Waals surface area (Å²) in [4.78, 5) is 23.6. The quantitative estimate of drug-likeness (QED) is 0.775. The molecule has 1 heterocycles. The van der Waals surface area contributed by atoms with E-state index in [1.165, 1.54) is 0 Å². The number of aromatic nitrogens is 2. The Balaban J connectivity index is 1.79. The van der Waals surface area contributed by atoms with Gasteiger partial charge in [0.2, 0.25) is 11.8 Å². The molecule has 0 saturated carbocycles. The van der Waals surface area contributed by atoms with Crippen molar-refractivity contribution in [2.45, 2.75) is 38.1 Å². The average molecular weight is 348 g/mol. The third kappa shape index (κ3) is 6.04. The van der Waals surface area contributed by atoms with Crippen LogP contribution in [0.25, 0.3) is 0 Å². The zero-order valence-electron chi connectivity index (χ0n) is 13.8. The minimum Gasteiger partial charge on any atom is -0.414 e. The number of carbonyl (C=O) groups excluding carboxylic acids is 2. The number of nitrogens with zero attached hydrogens (tertiary/aromatic N) is 2. The first-order valence-electron chi connectivity index (χ1n) is 7.43. The molecule has 128 valence electrons. The lowest BCUT2D eigenvalue weighted by molar-refractivity contribution is -0.119. The number of nitrogens with one attached hydrogen (secondary N) is 2. The molecule has 0 radical (unpaired) electrons. The van der Waals surface area contributed by atoms with Crippen LogP contribution in [0.2, 0.25) is 0 Å². The molecule has 2 rings (SSSR count). The van der Waals surface area contributed by atoms with E-state index in [4.69, 9.17) is 4.42 Å². The molecule has 24 heavy (non-hydrogen) atoms. The van der Waals surface area contributed by atoms with Gasteiger partial charge in [-0.2, -0.15) is 0 Å². The molecule has 8 heteroatoms. The number of rotatable bonds is 6. The predicted molar refractivity (Wildman–Crippen MR) is 90.5 cm³/mol. The summed E-state index contributed by atoms with van der Waals surface area (Å²) < 4.78 is 5.40. The Morgan fingerprint density at radius 3 is 2.54 bits per heavy atom. The van der Waals surface area contributed by atoms with Crippen LogP contribution < -0.4 is 10.6 Å². The molecule has 0 aliphatic heterocycles. The van der Waals surface area contributed by atoms with Gasteiger partial charge in [0.05, 0.1) is 12.3 Å². The molecular weight excluding hydrogens is 328 g/mol. The van der Waals surface area contributed by atoms with E-state index >= 15 is 0 Å². The minimum atomic E-state index is -0.278. The highest BCUT2D eigenvalue weighted by atomic mass is 32.2. The first-order valence-corrected chi connectivity index (χ1v) is 8.41. The summed E-state index contributed by atoms with van der Waals surface area (Å²) in [5.74, 6) is 0.158. The Morgan fingerprint density at radius 1 is 1.17 bits per heavy atom. The molecule has 0 aliphatic carbocycles. The average Bonchev–Trinajstić information content (AvgIpc) is 2.98. The number of thioether (sulfide) groups is 1. The van der Waals surface area contributed by atoms with Crippen LogP contribution in [0.3, 0.4) is 0 Å². The Kier molecular flexibility index (Phi) is 5.97. The monoisotopic (exact) mass is 348 g/mol. The van der Waals surface area contributed by atoms with Crippen LogP contribution in [0, 0.1) is 0 Å². The van der Waals surface area contributed by atoms with Crippen molar-refractivity contribution in [1.82, 2.24) is 20.8 Å². The lowest BCUT2D eigenvalue weighted by Gasteiger charge is -2.19. The van der Waals surface area contributed by atoms with Crippen molar-refractivity contribution in [2.75, 3.05) is 5.75 Å². The third-order valence-electron chi connectivity index (χ3n) is 2.73. The summed E-state index contributed by atoms with van der Waals surface area (Å²) >= 11 is 1.16. The second kappa shape index (κ2) is 7.96. The Morgan fingerprint density at radius 2 is 1.88 bits per heavy atom. The van der Waals surface area contributed by atoms with E-state index in [1.807, 2.05) is 26.8 Å². The molecular formula is C16H20N4O3S. The summed E-state index contributed by atoms with van der Waals surface area (Å²) in [6.45, 7) is 5.87. The molecule has 0 unspecified atom stereocenters. The van der Waals surface area contributed by atoms with Crippen molar-refractivity contribution in [2.24, 2.45) is 0 Å². The second-order valence-corrected chi connectivity index (χ2v) is 7.02. The molecule has 0 fully saturated rings. The minimum absolute atomic E-state index is 0.107. The molecule has 2 aromatic rings. The third-order valence-corrected chi connectivity index (χ3v) is 3.54. The second-order valence-electron chi connectivity index (χ2n) is 6.10. The summed E-state index contributed by atoms with van der Waals surface area (Å²) in [6, 6.07) is 8.86. The van der Waals surface area contributed by atoms with E-state index in [2.05, 4.69) is 20.8 Å². The number of benzene rings is 1. The van der Waals surface area contributed by atoms with Crippen molar-refractivity contribution in [3.8, 4) is 0 Å². The highest BCUT2D eigenvalue weighted by Crippen LogP contribution is 2.16. The Labute approximate surface area is 144 Å². The number of hydrogen-bond acceptors (Lipinski definition) is 6. The van der Waals surface area contributed by atoms with Gasteiger partial charge in [0.15, 0.2) is 0 Å². The fraction of sp³-hybridized carbons (Fsp3) is 0.375. The fourth-order valence-corrected chi connectivity index (χ4v) is 2.38. The largest absolute Gasteiger partial charge is 0.414 e. The molecule has 2 amide bonds. The van der Waals surface area contributed by atoms with Crippen LogP contribution in [-0.2, 0) is 11.3 Å². The highest BCUT2D eigenvalue weighted by Gasteiger charge is 2.15. The summed E-state index contributed by atoms with van der Waals surface area (Å²) in [5, 5.41) is 13.5. The normalized spacial score (nSPS) is 11.1. The summed E-state index contributed by atoms with van der Waals surface area (Å²) in [7, 11) is 0.